The van der Waals surface area contributed by atoms with Gasteiger partial charge in [0, 0.05) is 29.8 Å². The molecule has 2 aromatic heterocycles. The number of hydrogen-bond acceptors (Lipinski definition) is 0. The van der Waals surface area contributed by atoms with Crippen LogP contribution >= 0.6 is 0 Å². The predicted molar refractivity (Wildman–Crippen MR) is 40.6 cm³/mol. The van der Waals surface area contributed by atoms with E-state index in [0.717, 1.165) is 5.69 Å². The molecule has 0 aromatic carbocycles. The molecule has 2 N–H and O–H groups in total. The molecule has 0 aliphatic rings. The van der Waals surface area contributed by atoms with Crippen LogP contribution in [0.2, 0.25) is 0 Å². The Morgan fingerprint density at radius 1 is 1.10 bits per heavy atom. The second-order valence-corrected chi connectivity index (χ2v) is 2.18. The van der Waals surface area contributed by atoms with Crippen molar-refractivity contribution in [3.05, 3.63) is 36.8 Å². The predicted octanol–water partition coefficient (Wildman–Crippen LogP) is 2.01. The molecule has 2 heteroatoms. The van der Waals surface area contributed by atoms with Gasteiger partial charge in [0.25, 0.3) is 0 Å². The highest BCUT2D eigenvalue weighted by molar-refractivity contribution is 5.57. The zero-order valence-electron chi connectivity index (χ0n) is 5.46. The van der Waals surface area contributed by atoms with Crippen molar-refractivity contribution < 1.29 is 0 Å². The maximum absolute atomic E-state index is 3.12. The van der Waals surface area contributed by atoms with Crippen LogP contribution < -0.4 is 0 Å². The van der Waals surface area contributed by atoms with Crippen molar-refractivity contribution in [2.24, 2.45) is 0 Å². The lowest BCUT2D eigenvalue weighted by Gasteiger charge is -1.87. The highest BCUT2D eigenvalue weighted by Gasteiger charge is 1.94. The topological polar surface area (TPSA) is 31.6 Å². The van der Waals surface area contributed by atoms with E-state index in [1.54, 1.807) is 0 Å². The average molecular weight is 132 g/mol. The Bertz CT molecular complexity index is 247. The van der Waals surface area contributed by atoms with Crippen molar-refractivity contribution >= 4 is 0 Å². The molecular formula is C8H8N2. The lowest BCUT2D eigenvalue weighted by Crippen LogP contribution is -1.68. The molecule has 0 bridgehead atoms. The van der Waals surface area contributed by atoms with Crippen molar-refractivity contribution in [2.45, 2.75) is 0 Å². The smallest absolute Gasteiger partial charge is 0.0469 e. The van der Waals surface area contributed by atoms with Gasteiger partial charge in [-0.2, -0.15) is 0 Å². The van der Waals surface area contributed by atoms with E-state index >= 15 is 0 Å². The first kappa shape index (κ1) is 5.35. The zero-order valence-corrected chi connectivity index (χ0v) is 5.46. The minimum Gasteiger partial charge on any atom is -0.367 e. The van der Waals surface area contributed by atoms with Gasteiger partial charge in [0.05, 0.1) is 0 Å². The number of aromatic nitrogens is 2. The van der Waals surface area contributed by atoms with Gasteiger partial charge in [0.1, 0.15) is 0 Å². The van der Waals surface area contributed by atoms with Gasteiger partial charge in [-0.05, 0) is 18.2 Å². The van der Waals surface area contributed by atoms with Gasteiger partial charge in [-0.3, -0.25) is 0 Å². The standard InChI is InChI=1S/C8H8N2/c1-2-8(10-4-1)7-3-5-9-6-7/h1-6,9-10H. The molecule has 10 heavy (non-hydrogen) atoms. The molecule has 2 heterocycles. The summed E-state index contributed by atoms with van der Waals surface area (Å²) in [6.45, 7) is 0. The molecule has 0 aliphatic heterocycles. The molecule has 0 amide bonds. The first-order chi connectivity index (χ1) is 4.97. The van der Waals surface area contributed by atoms with E-state index in [1.807, 2.05) is 36.8 Å². The van der Waals surface area contributed by atoms with Gasteiger partial charge in [-0.1, -0.05) is 0 Å². The monoisotopic (exact) mass is 132 g/mol. The van der Waals surface area contributed by atoms with E-state index < -0.39 is 0 Å². The van der Waals surface area contributed by atoms with Gasteiger partial charge in [-0.25, -0.2) is 0 Å². The highest BCUT2D eigenvalue weighted by Crippen LogP contribution is 2.14. The summed E-state index contributed by atoms with van der Waals surface area (Å²) in [4.78, 5) is 6.12. The molecule has 2 nitrogen and oxygen atoms in total. The summed E-state index contributed by atoms with van der Waals surface area (Å²) < 4.78 is 0. The summed E-state index contributed by atoms with van der Waals surface area (Å²) in [5.74, 6) is 0. The van der Waals surface area contributed by atoms with Crippen molar-refractivity contribution in [3.63, 3.8) is 0 Å². The molecule has 50 valence electrons. The van der Waals surface area contributed by atoms with Crippen molar-refractivity contribution in [3.8, 4) is 11.3 Å². The Labute approximate surface area is 58.9 Å². The van der Waals surface area contributed by atoms with E-state index in [9.17, 15) is 0 Å². The fourth-order valence-electron chi connectivity index (χ4n) is 1.00. The van der Waals surface area contributed by atoms with Crippen LogP contribution in [0, 0.1) is 0 Å². The Morgan fingerprint density at radius 3 is 2.70 bits per heavy atom. The molecule has 0 atom stereocenters. The number of nitrogens with one attached hydrogen (secondary N) is 2. The second kappa shape index (κ2) is 2.06. The summed E-state index contributed by atoms with van der Waals surface area (Å²) in [5, 5.41) is 0. The summed E-state index contributed by atoms with van der Waals surface area (Å²) >= 11 is 0. The van der Waals surface area contributed by atoms with Crippen LogP contribution in [-0.4, -0.2) is 9.97 Å². The lowest BCUT2D eigenvalue weighted by molar-refractivity contribution is 1.38. The van der Waals surface area contributed by atoms with E-state index in [1.165, 1.54) is 5.56 Å². The maximum atomic E-state index is 3.12. The lowest BCUT2D eigenvalue weighted by atomic mass is 10.2. The Morgan fingerprint density at radius 2 is 2.10 bits per heavy atom. The fourth-order valence-corrected chi connectivity index (χ4v) is 1.00. The summed E-state index contributed by atoms with van der Waals surface area (Å²) in [6, 6.07) is 6.07. The summed E-state index contributed by atoms with van der Waals surface area (Å²) in [7, 11) is 0. The molecule has 0 radical (unpaired) electrons. The first-order valence-corrected chi connectivity index (χ1v) is 3.23. The summed E-state index contributed by atoms with van der Waals surface area (Å²) in [5.41, 5.74) is 2.35. The van der Waals surface area contributed by atoms with Crippen LogP contribution in [-0.2, 0) is 0 Å². The molecule has 0 saturated heterocycles. The number of rotatable bonds is 1. The fraction of sp³-hybridized carbons (Fsp3) is 0. The Kier molecular flexibility index (Phi) is 1.10. The van der Waals surface area contributed by atoms with Gasteiger partial charge in [0.2, 0.25) is 0 Å². The number of H-pyrrole nitrogens is 2. The number of hydrogen-bond donors (Lipinski definition) is 2. The van der Waals surface area contributed by atoms with E-state index in [0.29, 0.717) is 0 Å². The Balaban J connectivity index is 2.48. The largest absolute Gasteiger partial charge is 0.367 e. The minimum absolute atomic E-state index is 1.15. The first-order valence-electron chi connectivity index (χ1n) is 3.23. The SMILES string of the molecule is c1c[nH]c(-c2cc[nH]c2)c1. The molecule has 2 rings (SSSR count). The Hall–Kier alpha value is -1.44. The molecule has 0 spiro atoms. The average Bonchev–Trinajstić information content (AvgIpc) is 2.59. The minimum atomic E-state index is 1.15. The third-order valence-electron chi connectivity index (χ3n) is 1.51. The quantitative estimate of drug-likeness (QED) is 0.594. The van der Waals surface area contributed by atoms with Crippen LogP contribution in [0.1, 0.15) is 0 Å². The third kappa shape index (κ3) is 0.739. The molecule has 2 aromatic rings. The highest BCUT2D eigenvalue weighted by atomic mass is 14.7. The summed E-state index contributed by atoms with van der Waals surface area (Å²) in [6.07, 6.45) is 5.80. The second-order valence-electron chi connectivity index (χ2n) is 2.18. The van der Waals surface area contributed by atoms with Gasteiger partial charge >= 0.3 is 0 Å². The molecule has 0 saturated carbocycles. The van der Waals surface area contributed by atoms with E-state index in [2.05, 4.69) is 9.97 Å². The zero-order chi connectivity index (χ0) is 6.81. The molecular weight excluding hydrogens is 124 g/mol. The van der Waals surface area contributed by atoms with Crippen LogP contribution in [0.3, 0.4) is 0 Å². The molecule has 0 aliphatic carbocycles. The van der Waals surface area contributed by atoms with E-state index in [4.69, 9.17) is 0 Å². The normalized spacial score (nSPS) is 10.0. The molecule has 0 unspecified atom stereocenters. The van der Waals surface area contributed by atoms with Crippen molar-refractivity contribution in [1.29, 1.82) is 0 Å². The van der Waals surface area contributed by atoms with Crippen LogP contribution in [0.25, 0.3) is 11.3 Å². The number of aromatic amines is 2. The van der Waals surface area contributed by atoms with Crippen LogP contribution in [0.15, 0.2) is 36.8 Å². The van der Waals surface area contributed by atoms with Gasteiger partial charge < -0.3 is 9.97 Å². The van der Waals surface area contributed by atoms with E-state index in [-0.39, 0.29) is 0 Å². The van der Waals surface area contributed by atoms with Crippen molar-refractivity contribution in [2.75, 3.05) is 0 Å². The third-order valence-corrected chi connectivity index (χ3v) is 1.51. The van der Waals surface area contributed by atoms with Crippen LogP contribution in [0.5, 0.6) is 0 Å². The van der Waals surface area contributed by atoms with Crippen molar-refractivity contribution in [1.82, 2.24) is 9.97 Å². The van der Waals surface area contributed by atoms with Gasteiger partial charge in [-0.15, -0.1) is 0 Å². The maximum Gasteiger partial charge on any atom is 0.0469 e. The van der Waals surface area contributed by atoms with Gasteiger partial charge in [0.15, 0.2) is 0 Å². The van der Waals surface area contributed by atoms with Crippen LogP contribution in [0.4, 0.5) is 0 Å². The molecule has 0 fully saturated rings.